The Hall–Kier alpha value is -3.19. The van der Waals surface area contributed by atoms with Crippen LogP contribution in [0.15, 0.2) is 60.0 Å². The maximum Gasteiger partial charge on any atom is 0.226 e. The fourth-order valence-electron chi connectivity index (χ4n) is 4.05. The Balaban J connectivity index is 1.19. The van der Waals surface area contributed by atoms with Crippen LogP contribution in [0.25, 0.3) is 10.6 Å². The Morgan fingerprint density at radius 1 is 1.12 bits per heavy atom. The van der Waals surface area contributed by atoms with Gasteiger partial charge in [-0.25, -0.2) is 4.98 Å². The van der Waals surface area contributed by atoms with E-state index in [1.54, 1.807) is 18.4 Å². The number of likely N-dealkylation sites (tertiary alicyclic amines) is 1. The van der Waals surface area contributed by atoms with Crippen molar-refractivity contribution in [2.45, 2.75) is 25.7 Å². The summed E-state index contributed by atoms with van der Waals surface area (Å²) in [4.78, 5) is 31.8. The Bertz CT molecular complexity index is 1080. The topological polar surface area (TPSA) is 71.5 Å². The van der Waals surface area contributed by atoms with Gasteiger partial charge in [0, 0.05) is 42.9 Å². The summed E-state index contributed by atoms with van der Waals surface area (Å²) >= 11 is 1.63. The number of carbonyl (C=O) groups is 2. The second kappa shape index (κ2) is 11.1. The molecular weight excluding hydrogens is 434 g/mol. The van der Waals surface area contributed by atoms with E-state index in [0.29, 0.717) is 45.3 Å². The summed E-state index contributed by atoms with van der Waals surface area (Å²) in [5, 5.41) is 6.11. The first kappa shape index (κ1) is 23.0. The van der Waals surface area contributed by atoms with Gasteiger partial charge in [-0.15, -0.1) is 11.3 Å². The normalized spacial score (nSPS) is 14.2. The van der Waals surface area contributed by atoms with Crippen LogP contribution in [0.2, 0.25) is 0 Å². The van der Waals surface area contributed by atoms with Crippen LogP contribution in [0.4, 0.5) is 0 Å². The van der Waals surface area contributed by atoms with Crippen molar-refractivity contribution in [3.63, 3.8) is 0 Å². The van der Waals surface area contributed by atoms with Crippen molar-refractivity contribution < 1.29 is 14.3 Å². The fourth-order valence-corrected chi connectivity index (χ4v) is 4.91. The van der Waals surface area contributed by atoms with E-state index in [1.165, 1.54) is 0 Å². The van der Waals surface area contributed by atoms with E-state index in [2.05, 4.69) is 27.8 Å². The molecule has 0 spiro atoms. The lowest BCUT2D eigenvalue weighted by atomic mass is 9.95. The molecule has 4 rings (SSSR count). The van der Waals surface area contributed by atoms with Gasteiger partial charge in [-0.1, -0.05) is 42.5 Å². The predicted octanol–water partition coefficient (Wildman–Crippen LogP) is 3.96. The molecule has 2 amide bonds. The molecule has 0 unspecified atom stereocenters. The van der Waals surface area contributed by atoms with Gasteiger partial charge in [0.05, 0.1) is 19.2 Å². The average Bonchev–Trinajstić information content (AvgIpc) is 3.33. The second-order valence-electron chi connectivity index (χ2n) is 8.23. The highest BCUT2D eigenvalue weighted by Crippen LogP contribution is 2.23. The minimum atomic E-state index is -0.0406. The van der Waals surface area contributed by atoms with Gasteiger partial charge in [0.25, 0.3) is 0 Å². The van der Waals surface area contributed by atoms with Gasteiger partial charge in [-0.2, -0.15) is 0 Å². The summed E-state index contributed by atoms with van der Waals surface area (Å²) in [6, 6.07) is 17.7. The smallest absolute Gasteiger partial charge is 0.226 e. The fraction of sp³-hybridized carbons (Fsp3) is 0.346. The SMILES string of the molecule is COc1cccc(CC(=O)N2CCC(C(=O)NCCc3csc(-c4ccccc4)n3)CC2)c1. The summed E-state index contributed by atoms with van der Waals surface area (Å²) in [5.74, 6) is 0.888. The van der Waals surface area contributed by atoms with Crippen LogP contribution in [-0.4, -0.2) is 48.4 Å². The second-order valence-corrected chi connectivity index (χ2v) is 9.09. The van der Waals surface area contributed by atoms with Crippen LogP contribution in [0, 0.1) is 5.92 Å². The third kappa shape index (κ3) is 6.20. The maximum atomic E-state index is 12.7. The summed E-state index contributed by atoms with van der Waals surface area (Å²) < 4.78 is 5.23. The van der Waals surface area contributed by atoms with E-state index in [-0.39, 0.29) is 17.7 Å². The van der Waals surface area contributed by atoms with E-state index >= 15 is 0 Å². The number of methoxy groups -OCH3 is 1. The molecule has 1 N–H and O–H groups in total. The molecule has 33 heavy (non-hydrogen) atoms. The van der Waals surface area contributed by atoms with Crippen LogP contribution < -0.4 is 10.1 Å². The molecule has 1 fully saturated rings. The number of rotatable bonds is 8. The number of nitrogens with zero attached hydrogens (tertiary/aromatic N) is 2. The molecule has 0 radical (unpaired) electrons. The largest absolute Gasteiger partial charge is 0.497 e. The van der Waals surface area contributed by atoms with Gasteiger partial charge in [0.2, 0.25) is 11.8 Å². The van der Waals surface area contributed by atoms with Crippen LogP contribution in [0.1, 0.15) is 24.1 Å². The zero-order valence-electron chi connectivity index (χ0n) is 18.8. The zero-order chi connectivity index (χ0) is 23.0. The van der Waals surface area contributed by atoms with Crippen molar-refractivity contribution in [3.05, 3.63) is 71.2 Å². The third-order valence-corrected chi connectivity index (χ3v) is 6.90. The number of carbonyl (C=O) groups excluding carboxylic acids is 2. The highest BCUT2D eigenvalue weighted by molar-refractivity contribution is 7.13. The van der Waals surface area contributed by atoms with Crippen LogP contribution in [0.3, 0.4) is 0 Å². The van der Waals surface area contributed by atoms with E-state index in [4.69, 9.17) is 4.74 Å². The van der Waals surface area contributed by atoms with Gasteiger partial charge in [-0.3, -0.25) is 9.59 Å². The van der Waals surface area contributed by atoms with Gasteiger partial charge >= 0.3 is 0 Å². The molecule has 0 saturated carbocycles. The van der Waals surface area contributed by atoms with Crippen LogP contribution >= 0.6 is 11.3 Å². The van der Waals surface area contributed by atoms with Crippen molar-refractivity contribution >= 4 is 23.2 Å². The van der Waals surface area contributed by atoms with E-state index < -0.39 is 0 Å². The molecule has 0 bridgehead atoms. The Labute approximate surface area is 198 Å². The van der Waals surface area contributed by atoms with E-state index in [1.807, 2.05) is 47.4 Å². The van der Waals surface area contributed by atoms with Crippen molar-refractivity contribution in [3.8, 4) is 16.3 Å². The molecule has 172 valence electrons. The number of amides is 2. The highest BCUT2D eigenvalue weighted by atomic mass is 32.1. The lowest BCUT2D eigenvalue weighted by Crippen LogP contribution is -2.43. The Kier molecular flexibility index (Phi) is 7.73. The number of thiazole rings is 1. The van der Waals surface area contributed by atoms with Crippen molar-refractivity contribution in [2.24, 2.45) is 5.92 Å². The first-order valence-corrected chi connectivity index (χ1v) is 12.2. The molecule has 2 heterocycles. The molecular formula is C26H29N3O3S. The number of piperidine rings is 1. The third-order valence-electron chi connectivity index (χ3n) is 5.96. The highest BCUT2D eigenvalue weighted by Gasteiger charge is 2.27. The average molecular weight is 464 g/mol. The summed E-state index contributed by atoms with van der Waals surface area (Å²) in [5.41, 5.74) is 3.05. The molecule has 7 heteroatoms. The summed E-state index contributed by atoms with van der Waals surface area (Å²) in [6.45, 7) is 1.81. The lowest BCUT2D eigenvalue weighted by Gasteiger charge is -2.31. The molecule has 0 atom stereocenters. The number of hydrogen-bond acceptors (Lipinski definition) is 5. The Morgan fingerprint density at radius 2 is 1.91 bits per heavy atom. The zero-order valence-corrected chi connectivity index (χ0v) is 19.6. The monoisotopic (exact) mass is 463 g/mol. The number of aromatic nitrogens is 1. The molecule has 1 aliphatic heterocycles. The van der Waals surface area contributed by atoms with Crippen molar-refractivity contribution in [1.29, 1.82) is 0 Å². The number of nitrogens with one attached hydrogen (secondary N) is 1. The first-order valence-electron chi connectivity index (χ1n) is 11.3. The molecule has 2 aromatic carbocycles. The molecule has 1 aromatic heterocycles. The molecule has 0 aliphatic carbocycles. The molecule has 6 nitrogen and oxygen atoms in total. The van der Waals surface area contributed by atoms with Crippen LogP contribution in [-0.2, 0) is 22.4 Å². The molecule has 1 aliphatic rings. The first-order chi connectivity index (χ1) is 16.1. The van der Waals surface area contributed by atoms with Gasteiger partial charge in [0.15, 0.2) is 0 Å². The van der Waals surface area contributed by atoms with Crippen molar-refractivity contribution in [1.82, 2.24) is 15.2 Å². The molecule has 3 aromatic rings. The van der Waals surface area contributed by atoms with Gasteiger partial charge in [-0.05, 0) is 30.5 Å². The standard InChI is InChI=1S/C26H29N3O3S/c1-32-23-9-5-6-19(16-23)17-24(30)29-14-11-20(12-15-29)25(31)27-13-10-22-18-33-26(28-22)21-7-3-2-4-8-21/h2-9,16,18,20H,10-15,17H2,1H3,(H,27,31). The van der Waals surface area contributed by atoms with Gasteiger partial charge < -0.3 is 15.0 Å². The van der Waals surface area contributed by atoms with Gasteiger partial charge in [0.1, 0.15) is 10.8 Å². The van der Waals surface area contributed by atoms with E-state index in [0.717, 1.165) is 27.6 Å². The maximum absolute atomic E-state index is 12.7. The summed E-state index contributed by atoms with van der Waals surface area (Å²) in [6.07, 6.45) is 2.47. The molecule has 1 saturated heterocycles. The lowest BCUT2D eigenvalue weighted by molar-refractivity contribution is -0.135. The predicted molar refractivity (Wildman–Crippen MR) is 130 cm³/mol. The van der Waals surface area contributed by atoms with Crippen molar-refractivity contribution in [2.75, 3.05) is 26.7 Å². The number of benzene rings is 2. The minimum absolute atomic E-state index is 0.0406. The van der Waals surface area contributed by atoms with Crippen LogP contribution in [0.5, 0.6) is 5.75 Å². The number of ether oxygens (including phenoxy) is 1. The number of hydrogen-bond donors (Lipinski definition) is 1. The minimum Gasteiger partial charge on any atom is -0.497 e. The van der Waals surface area contributed by atoms with E-state index in [9.17, 15) is 9.59 Å². The quantitative estimate of drug-likeness (QED) is 0.549. The summed E-state index contributed by atoms with van der Waals surface area (Å²) in [7, 11) is 1.62. The Morgan fingerprint density at radius 3 is 2.67 bits per heavy atom.